The van der Waals surface area contributed by atoms with Crippen molar-refractivity contribution in [2.75, 3.05) is 0 Å². The summed E-state index contributed by atoms with van der Waals surface area (Å²) < 4.78 is 4.32. The van der Waals surface area contributed by atoms with E-state index in [-0.39, 0.29) is 32.7 Å². The SMILES string of the molecule is Cc1ccc(-c2[c-]cncc2)[c-]c1-c1n(-c2ccccc2)cc[n+]1C.[Y]. The molecule has 3 nitrogen and oxygen atoms in total. The third-order valence-corrected chi connectivity index (χ3v) is 4.33. The second-order valence-electron chi connectivity index (χ2n) is 6.02. The molecule has 0 atom stereocenters. The zero-order valence-electron chi connectivity index (χ0n) is 14.8. The van der Waals surface area contributed by atoms with Crippen LogP contribution in [0.25, 0.3) is 28.2 Å². The maximum Gasteiger partial charge on any atom is 0.228 e. The molecule has 0 aliphatic carbocycles. The van der Waals surface area contributed by atoms with Crippen LogP contribution >= 0.6 is 0 Å². The number of rotatable bonds is 3. The van der Waals surface area contributed by atoms with Crippen molar-refractivity contribution < 1.29 is 37.3 Å². The van der Waals surface area contributed by atoms with Crippen LogP contribution in [-0.2, 0) is 39.8 Å². The quantitative estimate of drug-likeness (QED) is 0.369. The van der Waals surface area contributed by atoms with Gasteiger partial charge in [0.15, 0.2) is 0 Å². The summed E-state index contributed by atoms with van der Waals surface area (Å²) in [6.07, 6.45) is 7.63. The first-order valence-electron chi connectivity index (χ1n) is 8.22. The average molecular weight is 413 g/mol. The number of pyridine rings is 1. The molecule has 0 fully saturated rings. The molecule has 4 heteroatoms. The number of benzene rings is 2. The van der Waals surface area contributed by atoms with E-state index in [0.29, 0.717) is 0 Å². The third-order valence-electron chi connectivity index (χ3n) is 4.33. The standard InChI is InChI=1S/C22H18N3.Y/c1-17-8-9-19(18-10-12-23-13-11-18)16-21(17)22-24(2)14-15-25(22)20-6-4-3-5-7-20;/h3-10,12-15H,1-2H3;/q-1;. The summed E-state index contributed by atoms with van der Waals surface area (Å²) >= 11 is 0. The van der Waals surface area contributed by atoms with Crippen LogP contribution in [0.5, 0.6) is 0 Å². The zero-order chi connectivity index (χ0) is 17.2. The molecular weight excluding hydrogens is 395 g/mol. The van der Waals surface area contributed by atoms with Crippen LogP contribution in [0.4, 0.5) is 0 Å². The summed E-state index contributed by atoms with van der Waals surface area (Å²) in [7, 11) is 2.06. The summed E-state index contributed by atoms with van der Waals surface area (Å²) in [5, 5.41) is 0. The molecule has 26 heavy (non-hydrogen) atoms. The smallest absolute Gasteiger partial charge is 0.228 e. The second-order valence-corrected chi connectivity index (χ2v) is 6.02. The van der Waals surface area contributed by atoms with Gasteiger partial charge in [-0.25, -0.2) is 15.7 Å². The first-order chi connectivity index (χ1) is 12.2. The Morgan fingerprint density at radius 3 is 2.54 bits per heavy atom. The number of hydrogen-bond acceptors (Lipinski definition) is 1. The van der Waals surface area contributed by atoms with Gasteiger partial charge in [-0.3, -0.25) is 9.55 Å². The van der Waals surface area contributed by atoms with Gasteiger partial charge in [0.1, 0.15) is 18.1 Å². The molecule has 0 bridgehead atoms. The largest absolute Gasteiger partial charge is 0.293 e. The van der Waals surface area contributed by atoms with E-state index < -0.39 is 0 Å². The molecule has 0 spiro atoms. The van der Waals surface area contributed by atoms with Crippen molar-refractivity contribution in [2.24, 2.45) is 7.05 Å². The van der Waals surface area contributed by atoms with Crippen LogP contribution in [-0.4, -0.2) is 9.55 Å². The van der Waals surface area contributed by atoms with E-state index >= 15 is 0 Å². The van der Waals surface area contributed by atoms with Gasteiger partial charge in [-0.15, -0.1) is 11.6 Å². The number of hydrogen-bond donors (Lipinski definition) is 0. The van der Waals surface area contributed by atoms with E-state index in [2.05, 4.69) is 89.0 Å². The third kappa shape index (κ3) is 3.55. The van der Waals surface area contributed by atoms with E-state index in [9.17, 15) is 0 Å². The molecule has 0 saturated carbocycles. The molecule has 125 valence electrons. The Balaban J connectivity index is 0.00000196. The predicted molar refractivity (Wildman–Crippen MR) is 98.0 cm³/mol. The van der Waals surface area contributed by atoms with Crippen LogP contribution < -0.4 is 4.57 Å². The van der Waals surface area contributed by atoms with Gasteiger partial charge in [0, 0.05) is 32.7 Å². The molecule has 4 rings (SSSR count). The monoisotopic (exact) mass is 413 g/mol. The molecule has 0 aliphatic rings. The van der Waals surface area contributed by atoms with E-state index in [0.717, 1.165) is 28.2 Å². The summed E-state index contributed by atoms with van der Waals surface area (Å²) in [6.45, 7) is 2.12. The molecule has 2 aromatic heterocycles. The van der Waals surface area contributed by atoms with Gasteiger partial charge in [0.05, 0.1) is 7.05 Å². The van der Waals surface area contributed by atoms with Crippen molar-refractivity contribution in [3.63, 3.8) is 0 Å². The minimum atomic E-state index is 0. The number of imidazole rings is 1. The maximum absolute atomic E-state index is 4.05. The Hall–Kier alpha value is -2.10. The number of nitrogens with zero attached hydrogens (tertiary/aromatic N) is 3. The van der Waals surface area contributed by atoms with Gasteiger partial charge in [0.2, 0.25) is 5.82 Å². The van der Waals surface area contributed by atoms with Gasteiger partial charge in [-0.1, -0.05) is 25.1 Å². The van der Waals surface area contributed by atoms with E-state index in [1.54, 1.807) is 12.4 Å². The van der Waals surface area contributed by atoms with Crippen molar-refractivity contribution in [3.05, 3.63) is 91.0 Å². The Labute approximate surface area is 179 Å². The topological polar surface area (TPSA) is 21.7 Å². The van der Waals surface area contributed by atoms with Gasteiger partial charge in [-0.2, -0.15) is 24.3 Å². The van der Waals surface area contributed by atoms with E-state index in [1.807, 2.05) is 12.1 Å². The molecule has 0 saturated heterocycles. The molecule has 0 unspecified atom stereocenters. The second kappa shape index (κ2) is 8.07. The van der Waals surface area contributed by atoms with Gasteiger partial charge in [-0.05, 0) is 30.1 Å². The maximum atomic E-state index is 4.05. The Bertz CT molecular complexity index is 1010. The molecule has 2 heterocycles. The zero-order valence-corrected chi connectivity index (χ0v) is 17.7. The van der Waals surface area contributed by atoms with Gasteiger partial charge in [0.25, 0.3) is 0 Å². The minimum Gasteiger partial charge on any atom is -0.293 e. The Morgan fingerprint density at radius 1 is 1.00 bits per heavy atom. The van der Waals surface area contributed by atoms with Crippen LogP contribution in [0.15, 0.2) is 73.3 Å². The fraction of sp³-hybridized carbons (Fsp3) is 0.0909. The first kappa shape index (κ1) is 18.7. The van der Waals surface area contributed by atoms with E-state index in [4.69, 9.17) is 0 Å². The van der Waals surface area contributed by atoms with Crippen LogP contribution in [0, 0.1) is 19.1 Å². The molecule has 2 aromatic carbocycles. The Kier molecular flexibility index (Phi) is 5.80. The van der Waals surface area contributed by atoms with Gasteiger partial charge < -0.3 is 0 Å². The van der Waals surface area contributed by atoms with Crippen molar-refractivity contribution in [1.82, 2.24) is 9.55 Å². The summed E-state index contributed by atoms with van der Waals surface area (Å²) in [5.74, 6) is 1.10. The Morgan fingerprint density at radius 2 is 1.81 bits per heavy atom. The molecule has 1 radical (unpaired) electrons. The summed E-state index contributed by atoms with van der Waals surface area (Å²) in [4.78, 5) is 4.05. The molecule has 0 amide bonds. The fourth-order valence-corrected chi connectivity index (χ4v) is 3.01. The van der Waals surface area contributed by atoms with Crippen LogP contribution in [0.1, 0.15) is 5.56 Å². The first-order valence-corrected chi connectivity index (χ1v) is 8.22. The number of aromatic nitrogens is 3. The van der Waals surface area contributed by atoms with Crippen molar-refractivity contribution >= 4 is 0 Å². The normalized spacial score (nSPS) is 10.4. The van der Waals surface area contributed by atoms with Crippen LogP contribution in [0.3, 0.4) is 0 Å². The minimum absolute atomic E-state index is 0. The van der Waals surface area contributed by atoms with Crippen LogP contribution in [0.2, 0.25) is 0 Å². The molecule has 0 aliphatic heterocycles. The van der Waals surface area contributed by atoms with Crippen molar-refractivity contribution in [3.8, 4) is 28.2 Å². The number of para-hydroxylation sites is 1. The number of aryl methyl sites for hydroxylation is 2. The predicted octanol–water partition coefficient (Wildman–Crippen LogP) is 3.94. The molecule has 4 aromatic rings. The fourth-order valence-electron chi connectivity index (χ4n) is 3.01. The van der Waals surface area contributed by atoms with E-state index in [1.165, 1.54) is 5.56 Å². The summed E-state index contributed by atoms with van der Waals surface area (Å²) in [5.41, 5.74) is 5.41. The van der Waals surface area contributed by atoms with Crippen molar-refractivity contribution in [2.45, 2.75) is 6.92 Å². The molecular formula is C22H18N3Y-. The average Bonchev–Trinajstić information content (AvgIpc) is 3.05. The van der Waals surface area contributed by atoms with Crippen molar-refractivity contribution in [1.29, 1.82) is 0 Å². The molecule has 0 N–H and O–H groups in total. The summed E-state index contributed by atoms with van der Waals surface area (Å²) in [6, 6.07) is 23.3. The van der Waals surface area contributed by atoms with Gasteiger partial charge >= 0.3 is 0 Å².